The van der Waals surface area contributed by atoms with Gasteiger partial charge < -0.3 is 19.9 Å². The molecule has 0 unspecified atom stereocenters. The zero-order valence-electron chi connectivity index (χ0n) is 17.7. The molecule has 1 amide bonds. The Labute approximate surface area is 204 Å². The predicted molar refractivity (Wildman–Crippen MR) is 131 cm³/mol. The van der Waals surface area contributed by atoms with Crippen molar-refractivity contribution in [2.24, 2.45) is 0 Å². The van der Waals surface area contributed by atoms with Crippen LogP contribution in [0.2, 0.25) is 5.02 Å². The maximum absolute atomic E-state index is 12.4. The molecule has 0 aliphatic rings. The van der Waals surface area contributed by atoms with E-state index in [0.29, 0.717) is 29.2 Å². The third-order valence-electron chi connectivity index (χ3n) is 4.45. The SMILES string of the molecule is CCOc1cc(C=C(NC(=O)c2ccccc2)C(=O)O)cc(Cl)c1OCc1ccc(Br)cc1. The van der Waals surface area contributed by atoms with Crippen molar-refractivity contribution in [1.82, 2.24) is 5.32 Å². The summed E-state index contributed by atoms with van der Waals surface area (Å²) in [6.07, 6.45) is 1.32. The largest absolute Gasteiger partial charge is 0.490 e. The van der Waals surface area contributed by atoms with Crippen LogP contribution < -0.4 is 14.8 Å². The van der Waals surface area contributed by atoms with E-state index in [1.165, 1.54) is 6.08 Å². The van der Waals surface area contributed by atoms with Gasteiger partial charge in [-0.25, -0.2) is 4.79 Å². The van der Waals surface area contributed by atoms with E-state index in [-0.39, 0.29) is 17.3 Å². The van der Waals surface area contributed by atoms with Gasteiger partial charge in [0.1, 0.15) is 12.3 Å². The third kappa shape index (κ3) is 6.84. The average Bonchev–Trinajstić information content (AvgIpc) is 2.80. The van der Waals surface area contributed by atoms with E-state index >= 15 is 0 Å². The van der Waals surface area contributed by atoms with E-state index in [1.807, 2.05) is 31.2 Å². The lowest BCUT2D eigenvalue weighted by atomic mass is 10.1. The molecule has 3 aromatic carbocycles. The number of benzene rings is 3. The van der Waals surface area contributed by atoms with Crippen LogP contribution in [0.3, 0.4) is 0 Å². The third-order valence-corrected chi connectivity index (χ3v) is 5.26. The number of hydrogen-bond donors (Lipinski definition) is 2. The van der Waals surface area contributed by atoms with Crippen molar-refractivity contribution in [3.63, 3.8) is 0 Å². The van der Waals surface area contributed by atoms with E-state index in [4.69, 9.17) is 21.1 Å². The number of rotatable bonds is 9. The van der Waals surface area contributed by atoms with Crippen LogP contribution in [-0.4, -0.2) is 23.6 Å². The molecule has 0 aromatic heterocycles. The number of carboxylic acids is 1. The van der Waals surface area contributed by atoms with Crippen LogP contribution in [0, 0.1) is 0 Å². The molecule has 2 N–H and O–H groups in total. The summed E-state index contributed by atoms with van der Waals surface area (Å²) in [6.45, 7) is 2.45. The molecule has 0 saturated carbocycles. The fourth-order valence-corrected chi connectivity index (χ4v) is 3.45. The first-order chi connectivity index (χ1) is 15.9. The van der Waals surface area contributed by atoms with Gasteiger partial charge in [0.2, 0.25) is 0 Å². The van der Waals surface area contributed by atoms with Crippen molar-refractivity contribution < 1.29 is 24.2 Å². The van der Waals surface area contributed by atoms with Gasteiger partial charge in [0, 0.05) is 10.0 Å². The average molecular weight is 531 g/mol. The Kier molecular flexibility index (Phi) is 8.52. The van der Waals surface area contributed by atoms with Gasteiger partial charge in [-0.1, -0.05) is 57.9 Å². The first kappa shape index (κ1) is 24.4. The van der Waals surface area contributed by atoms with Crippen LogP contribution in [0.1, 0.15) is 28.4 Å². The molecule has 0 bridgehead atoms. The Morgan fingerprint density at radius 2 is 1.76 bits per heavy atom. The summed E-state index contributed by atoms with van der Waals surface area (Å²) >= 11 is 9.85. The van der Waals surface area contributed by atoms with Gasteiger partial charge in [0.05, 0.1) is 11.6 Å². The van der Waals surface area contributed by atoms with Crippen molar-refractivity contribution in [3.05, 3.63) is 98.6 Å². The highest BCUT2D eigenvalue weighted by Crippen LogP contribution is 2.38. The molecule has 0 aliphatic heterocycles. The monoisotopic (exact) mass is 529 g/mol. The van der Waals surface area contributed by atoms with Crippen molar-refractivity contribution in [3.8, 4) is 11.5 Å². The van der Waals surface area contributed by atoms with Gasteiger partial charge in [-0.2, -0.15) is 0 Å². The molecule has 0 heterocycles. The number of carbonyl (C=O) groups excluding carboxylic acids is 1. The molecule has 33 heavy (non-hydrogen) atoms. The summed E-state index contributed by atoms with van der Waals surface area (Å²) in [5.41, 5.74) is 1.42. The van der Waals surface area contributed by atoms with Gasteiger partial charge in [0.15, 0.2) is 11.5 Å². The first-order valence-corrected chi connectivity index (χ1v) is 11.2. The summed E-state index contributed by atoms with van der Waals surface area (Å²) in [4.78, 5) is 24.1. The number of halogens is 2. The van der Waals surface area contributed by atoms with Gasteiger partial charge in [-0.15, -0.1) is 0 Å². The van der Waals surface area contributed by atoms with Gasteiger partial charge >= 0.3 is 5.97 Å². The predicted octanol–water partition coefficient (Wildman–Crippen LogP) is 5.94. The maximum Gasteiger partial charge on any atom is 0.352 e. The normalized spacial score (nSPS) is 11.1. The fraction of sp³-hybridized carbons (Fsp3) is 0.120. The number of nitrogens with one attached hydrogen (secondary N) is 1. The van der Waals surface area contributed by atoms with Gasteiger partial charge in [-0.05, 0) is 60.5 Å². The van der Waals surface area contributed by atoms with Crippen molar-refractivity contribution in [2.75, 3.05) is 6.61 Å². The minimum atomic E-state index is -1.29. The standard InChI is InChI=1S/C25H21BrClNO5/c1-2-32-22-14-17(12-20(27)23(22)33-15-16-8-10-19(26)11-9-16)13-21(25(30)31)28-24(29)18-6-4-3-5-7-18/h3-14H,2,15H2,1H3,(H,28,29)(H,30,31). The summed E-state index contributed by atoms with van der Waals surface area (Å²) in [7, 11) is 0. The van der Waals surface area contributed by atoms with Crippen molar-refractivity contribution in [2.45, 2.75) is 13.5 Å². The van der Waals surface area contributed by atoms with Crippen molar-refractivity contribution in [1.29, 1.82) is 0 Å². The second kappa shape index (κ2) is 11.5. The molecule has 8 heteroatoms. The highest BCUT2D eigenvalue weighted by molar-refractivity contribution is 9.10. The Morgan fingerprint density at radius 1 is 1.06 bits per heavy atom. The molecule has 0 atom stereocenters. The molecular weight excluding hydrogens is 510 g/mol. The van der Waals surface area contributed by atoms with Crippen LogP contribution in [-0.2, 0) is 11.4 Å². The smallest absolute Gasteiger partial charge is 0.352 e. The van der Waals surface area contributed by atoms with E-state index in [0.717, 1.165) is 10.0 Å². The Hall–Kier alpha value is -3.29. The van der Waals surface area contributed by atoms with Crippen LogP contribution >= 0.6 is 27.5 Å². The number of carbonyl (C=O) groups is 2. The van der Waals surface area contributed by atoms with E-state index in [1.54, 1.807) is 42.5 Å². The first-order valence-electron chi connectivity index (χ1n) is 10.0. The van der Waals surface area contributed by atoms with Crippen LogP contribution in [0.5, 0.6) is 11.5 Å². The summed E-state index contributed by atoms with van der Waals surface area (Å²) in [5, 5.41) is 12.3. The van der Waals surface area contributed by atoms with Gasteiger partial charge in [-0.3, -0.25) is 4.79 Å². The quantitative estimate of drug-likeness (QED) is 0.335. The summed E-state index contributed by atoms with van der Waals surface area (Å²) in [5.74, 6) is -1.10. The number of aliphatic carboxylic acids is 1. The number of amides is 1. The minimum absolute atomic E-state index is 0.253. The second-order valence-electron chi connectivity index (χ2n) is 6.86. The highest BCUT2D eigenvalue weighted by atomic mass is 79.9. The lowest BCUT2D eigenvalue weighted by Gasteiger charge is -2.15. The van der Waals surface area contributed by atoms with Crippen LogP contribution in [0.15, 0.2) is 76.9 Å². The topological polar surface area (TPSA) is 84.9 Å². The molecule has 3 aromatic rings. The summed E-state index contributed by atoms with van der Waals surface area (Å²) < 4.78 is 12.5. The van der Waals surface area contributed by atoms with Crippen molar-refractivity contribution >= 4 is 45.5 Å². The number of ether oxygens (including phenoxy) is 2. The minimum Gasteiger partial charge on any atom is -0.490 e. The molecule has 0 radical (unpaired) electrons. The molecule has 0 saturated heterocycles. The zero-order valence-corrected chi connectivity index (χ0v) is 20.0. The number of hydrogen-bond acceptors (Lipinski definition) is 4. The van der Waals surface area contributed by atoms with Crippen LogP contribution in [0.25, 0.3) is 6.08 Å². The van der Waals surface area contributed by atoms with Gasteiger partial charge in [0.25, 0.3) is 5.91 Å². The molecule has 0 spiro atoms. The van der Waals surface area contributed by atoms with E-state index in [2.05, 4.69) is 21.2 Å². The molecule has 0 fully saturated rings. The molecule has 6 nitrogen and oxygen atoms in total. The molecule has 0 aliphatic carbocycles. The lowest BCUT2D eigenvalue weighted by molar-refractivity contribution is -0.132. The van der Waals surface area contributed by atoms with E-state index < -0.39 is 11.9 Å². The summed E-state index contributed by atoms with van der Waals surface area (Å²) in [6, 6.07) is 19.2. The lowest BCUT2D eigenvalue weighted by Crippen LogP contribution is -2.27. The molecular formula is C25H21BrClNO5. The zero-order chi connectivity index (χ0) is 23.8. The fourth-order valence-electron chi connectivity index (χ4n) is 2.91. The Bertz CT molecular complexity index is 1160. The van der Waals surface area contributed by atoms with Crippen LogP contribution in [0.4, 0.5) is 0 Å². The molecule has 3 rings (SSSR count). The molecule has 170 valence electrons. The highest BCUT2D eigenvalue weighted by Gasteiger charge is 2.16. The van der Waals surface area contributed by atoms with E-state index in [9.17, 15) is 14.7 Å². The number of carboxylic acid groups (broad SMARTS) is 1. The second-order valence-corrected chi connectivity index (χ2v) is 8.18. The Balaban J connectivity index is 1.86. The maximum atomic E-state index is 12.4. The Morgan fingerprint density at radius 3 is 2.39 bits per heavy atom.